The Balaban J connectivity index is 2.59. The van der Waals surface area contributed by atoms with E-state index >= 15 is 0 Å². The largest absolute Gasteiger partial charge is 0.508 e. The third-order valence-corrected chi connectivity index (χ3v) is 3.05. The first-order chi connectivity index (χ1) is 7.79. The van der Waals surface area contributed by atoms with Crippen molar-refractivity contribution in [2.24, 2.45) is 0 Å². The summed E-state index contributed by atoms with van der Waals surface area (Å²) in [5.41, 5.74) is 2.51. The molecule has 0 fully saturated rings. The normalized spacial score (nSPS) is 10.6. The second kappa shape index (κ2) is 7.32. The average molecular weight is 220 g/mol. The smallest absolute Gasteiger partial charge is 0.119 e. The van der Waals surface area contributed by atoms with Gasteiger partial charge in [0.25, 0.3) is 0 Å². The monoisotopic (exact) mass is 220 g/mol. The van der Waals surface area contributed by atoms with Gasteiger partial charge in [0, 0.05) is 0 Å². The molecule has 0 aliphatic carbocycles. The van der Waals surface area contributed by atoms with Gasteiger partial charge in [0.15, 0.2) is 0 Å². The molecule has 0 aliphatic heterocycles. The summed E-state index contributed by atoms with van der Waals surface area (Å²) in [4.78, 5) is 0. The van der Waals surface area contributed by atoms with Gasteiger partial charge in [-0.2, -0.15) is 0 Å². The predicted molar refractivity (Wildman–Crippen MR) is 69.9 cm³/mol. The van der Waals surface area contributed by atoms with Crippen LogP contribution in [-0.4, -0.2) is 5.11 Å². The molecular formula is C15H24O. The number of phenols is 1. The molecule has 0 atom stereocenters. The van der Waals surface area contributed by atoms with E-state index in [0.717, 1.165) is 19.3 Å². The van der Waals surface area contributed by atoms with Crippen LogP contribution in [0.15, 0.2) is 18.2 Å². The zero-order chi connectivity index (χ0) is 11.8. The van der Waals surface area contributed by atoms with Crippen molar-refractivity contribution >= 4 is 0 Å². The van der Waals surface area contributed by atoms with E-state index in [-0.39, 0.29) is 0 Å². The first-order valence-electron chi connectivity index (χ1n) is 6.59. The lowest BCUT2D eigenvalue weighted by Gasteiger charge is -2.10. The van der Waals surface area contributed by atoms with E-state index < -0.39 is 0 Å². The standard InChI is InChI=1S/C15H24O/c1-3-5-6-7-10-13-11-8-12-15(16)14(13)9-4-2/h8,11-12,16H,3-7,9-10H2,1-2H3. The van der Waals surface area contributed by atoms with Crippen LogP contribution in [0, 0.1) is 0 Å². The van der Waals surface area contributed by atoms with Crippen molar-refractivity contribution in [1.29, 1.82) is 0 Å². The molecule has 0 saturated heterocycles. The minimum atomic E-state index is 0.481. The highest BCUT2D eigenvalue weighted by Crippen LogP contribution is 2.24. The van der Waals surface area contributed by atoms with Gasteiger partial charge in [0.05, 0.1) is 0 Å². The Morgan fingerprint density at radius 1 is 0.938 bits per heavy atom. The van der Waals surface area contributed by atoms with Gasteiger partial charge < -0.3 is 5.11 Å². The van der Waals surface area contributed by atoms with Crippen molar-refractivity contribution < 1.29 is 5.11 Å². The van der Waals surface area contributed by atoms with Crippen molar-refractivity contribution in [1.82, 2.24) is 0 Å². The fourth-order valence-electron chi connectivity index (χ4n) is 2.14. The lowest BCUT2D eigenvalue weighted by Crippen LogP contribution is -1.95. The number of hydrogen-bond donors (Lipinski definition) is 1. The Labute approximate surface area is 99.5 Å². The molecule has 90 valence electrons. The maximum absolute atomic E-state index is 9.83. The Morgan fingerprint density at radius 3 is 2.44 bits per heavy atom. The van der Waals surface area contributed by atoms with Crippen molar-refractivity contribution in [2.45, 2.75) is 58.8 Å². The number of benzene rings is 1. The van der Waals surface area contributed by atoms with Gasteiger partial charge in [-0.15, -0.1) is 0 Å². The third-order valence-electron chi connectivity index (χ3n) is 3.05. The van der Waals surface area contributed by atoms with Crippen molar-refractivity contribution in [2.75, 3.05) is 0 Å². The topological polar surface area (TPSA) is 20.2 Å². The van der Waals surface area contributed by atoms with Crippen LogP contribution in [0.3, 0.4) is 0 Å². The predicted octanol–water partition coefficient (Wildman–Crippen LogP) is 4.47. The Bertz CT molecular complexity index is 304. The van der Waals surface area contributed by atoms with Crippen LogP contribution in [0.4, 0.5) is 0 Å². The van der Waals surface area contributed by atoms with E-state index in [9.17, 15) is 5.11 Å². The molecule has 1 aromatic carbocycles. The fraction of sp³-hybridized carbons (Fsp3) is 0.600. The summed E-state index contributed by atoms with van der Waals surface area (Å²) in [5.74, 6) is 0.481. The van der Waals surface area contributed by atoms with Crippen molar-refractivity contribution in [3.05, 3.63) is 29.3 Å². The molecule has 1 heteroatoms. The number of hydrogen-bond acceptors (Lipinski definition) is 1. The van der Waals surface area contributed by atoms with Crippen molar-refractivity contribution in [3.8, 4) is 5.75 Å². The molecular weight excluding hydrogens is 196 g/mol. The van der Waals surface area contributed by atoms with Crippen LogP contribution >= 0.6 is 0 Å². The lowest BCUT2D eigenvalue weighted by molar-refractivity contribution is 0.466. The Kier molecular flexibility index (Phi) is 5.99. The van der Waals surface area contributed by atoms with E-state index in [1.807, 2.05) is 6.07 Å². The molecule has 0 aliphatic rings. The molecule has 0 aromatic heterocycles. The summed E-state index contributed by atoms with van der Waals surface area (Å²) in [6.07, 6.45) is 8.36. The van der Waals surface area contributed by atoms with Crippen LogP contribution < -0.4 is 0 Å². The molecule has 16 heavy (non-hydrogen) atoms. The molecule has 1 rings (SSSR count). The Morgan fingerprint density at radius 2 is 1.75 bits per heavy atom. The summed E-state index contributed by atoms with van der Waals surface area (Å²) in [6, 6.07) is 5.93. The first kappa shape index (κ1) is 13.1. The number of aromatic hydroxyl groups is 1. The third kappa shape index (κ3) is 3.88. The number of aryl methyl sites for hydroxylation is 1. The highest BCUT2D eigenvalue weighted by Gasteiger charge is 2.06. The summed E-state index contributed by atoms with van der Waals surface area (Å²) in [7, 11) is 0. The van der Waals surface area contributed by atoms with Gasteiger partial charge in [0.1, 0.15) is 5.75 Å². The molecule has 0 bridgehead atoms. The van der Waals surface area contributed by atoms with Crippen LogP contribution in [0.25, 0.3) is 0 Å². The van der Waals surface area contributed by atoms with Gasteiger partial charge in [-0.25, -0.2) is 0 Å². The van der Waals surface area contributed by atoms with E-state index in [0.29, 0.717) is 5.75 Å². The van der Waals surface area contributed by atoms with E-state index in [1.165, 1.54) is 36.8 Å². The van der Waals surface area contributed by atoms with Crippen LogP contribution in [0.5, 0.6) is 5.75 Å². The minimum Gasteiger partial charge on any atom is -0.508 e. The van der Waals surface area contributed by atoms with Gasteiger partial charge in [-0.1, -0.05) is 51.7 Å². The highest BCUT2D eigenvalue weighted by atomic mass is 16.3. The van der Waals surface area contributed by atoms with Crippen LogP contribution in [-0.2, 0) is 12.8 Å². The summed E-state index contributed by atoms with van der Waals surface area (Å²) in [6.45, 7) is 4.39. The van der Waals surface area contributed by atoms with Crippen LogP contribution in [0.2, 0.25) is 0 Å². The number of rotatable bonds is 7. The number of phenolic OH excluding ortho intramolecular Hbond substituents is 1. The molecule has 1 aromatic rings. The van der Waals surface area contributed by atoms with Crippen molar-refractivity contribution in [3.63, 3.8) is 0 Å². The maximum atomic E-state index is 9.83. The molecule has 1 N–H and O–H groups in total. The fourth-order valence-corrected chi connectivity index (χ4v) is 2.14. The van der Waals surface area contributed by atoms with Crippen LogP contribution in [0.1, 0.15) is 57.1 Å². The quantitative estimate of drug-likeness (QED) is 0.672. The maximum Gasteiger partial charge on any atom is 0.119 e. The molecule has 0 heterocycles. The van der Waals surface area contributed by atoms with Gasteiger partial charge in [-0.3, -0.25) is 0 Å². The molecule has 0 amide bonds. The Hall–Kier alpha value is -0.980. The second-order valence-corrected chi connectivity index (χ2v) is 4.48. The van der Waals surface area contributed by atoms with E-state index in [1.54, 1.807) is 6.07 Å². The number of unbranched alkanes of at least 4 members (excludes halogenated alkanes) is 3. The van der Waals surface area contributed by atoms with E-state index in [2.05, 4.69) is 19.9 Å². The molecule has 0 radical (unpaired) electrons. The lowest BCUT2D eigenvalue weighted by atomic mass is 9.97. The van der Waals surface area contributed by atoms with Gasteiger partial charge in [0.2, 0.25) is 0 Å². The first-order valence-corrected chi connectivity index (χ1v) is 6.59. The van der Waals surface area contributed by atoms with E-state index in [4.69, 9.17) is 0 Å². The zero-order valence-corrected chi connectivity index (χ0v) is 10.6. The zero-order valence-electron chi connectivity index (χ0n) is 10.6. The SMILES string of the molecule is CCCCCCc1cccc(O)c1CCC. The minimum absolute atomic E-state index is 0.481. The summed E-state index contributed by atoms with van der Waals surface area (Å²) in [5, 5.41) is 9.83. The second-order valence-electron chi connectivity index (χ2n) is 4.48. The summed E-state index contributed by atoms with van der Waals surface area (Å²) >= 11 is 0. The molecule has 1 nitrogen and oxygen atoms in total. The average Bonchev–Trinajstić information content (AvgIpc) is 2.29. The van der Waals surface area contributed by atoms with Gasteiger partial charge in [-0.05, 0) is 36.5 Å². The molecule has 0 unspecified atom stereocenters. The molecule has 0 spiro atoms. The summed E-state index contributed by atoms with van der Waals surface area (Å²) < 4.78 is 0. The highest BCUT2D eigenvalue weighted by molar-refractivity contribution is 5.39. The van der Waals surface area contributed by atoms with Gasteiger partial charge >= 0.3 is 0 Å². The molecule has 0 saturated carbocycles.